The Morgan fingerprint density at radius 2 is 1.83 bits per heavy atom. The van der Waals surface area contributed by atoms with Crippen molar-refractivity contribution < 1.29 is 9.18 Å². The summed E-state index contributed by atoms with van der Waals surface area (Å²) in [7, 11) is 0. The van der Waals surface area contributed by atoms with Crippen LogP contribution in [0.4, 0.5) is 10.1 Å². The van der Waals surface area contributed by atoms with Crippen LogP contribution in [0.5, 0.6) is 0 Å². The molecule has 1 atom stereocenters. The van der Waals surface area contributed by atoms with Crippen molar-refractivity contribution in [2.45, 2.75) is 37.4 Å². The van der Waals surface area contributed by atoms with Gasteiger partial charge in [-0.05, 0) is 75.3 Å². The van der Waals surface area contributed by atoms with Crippen molar-refractivity contribution in [1.29, 1.82) is 0 Å². The zero-order valence-corrected chi connectivity index (χ0v) is 20.1. The SMILES string of the molecule is C[C@H](c1nnc(SCC(=O)Nc2ccc3[nH]c(=O)[nH]c3c2)n1-c1ccc(F)cc1)N1CCCCC1. The predicted molar refractivity (Wildman–Crippen MR) is 133 cm³/mol. The number of hydrogen-bond acceptors (Lipinski definition) is 6. The summed E-state index contributed by atoms with van der Waals surface area (Å²) in [5, 5.41) is 12.3. The molecule has 1 aliphatic rings. The van der Waals surface area contributed by atoms with Gasteiger partial charge in [-0.3, -0.25) is 14.3 Å². The average Bonchev–Trinajstić information content (AvgIpc) is 3.45. The third-order valence-electron chi connectivity index (χ3n) is 6.19. The predicted octanol–water partition coefficient (Wildman–Crippen LogP) is 3.85. The fourth-order valence-electron chi connectivity index (χ4n) is 4.38. The second kappa shape index (κ2) is 10.0. The van der Waals surface area contributed by atoms with E-state index in [1.165, 1.54) is 30.3 Å². The first-order valence-electron chi connectivity index (χ1n) is 11.6. The van der Waals surface area contributed by atoms with Gasteiger partial charge >= 0.3 is 5.69 Å². The van der Waals surface area contributed by atoms with Gasteiger partial charge < -0.3 is 15.3 Å². The van der Waals surface area contributed by atoms with Crippen LogP contribution < -0.4 is 11.0 Å². The number of halogens is 1. The van der Waals surface area contributed by atoms with Crippen molar-refractivity contribution in [2.24, 2.45) is 0 Å². The molecule has 1 amide bonds. The highest BCUT2D eigenvalue weighted by atomic mass is 32.2. The van der Waals surface area contributed by atoms with Gasteiger partial charge in [-0.25, -0.2) is 9.18 Å². The van der Waals surface area contributed by atoms with Crippen molar-refractivity contribution in [3.05, 3.63) is 64.6 Å². The number of piperidine rings is 1. The van der Waals surface area contributed by atoms with Crippen molar-refractivity contribution in [1.82, 2.24) is 29.6 Å². The van der Waals surface area contributed by atoms with Crippen molar-refractivity contribution >= 4 is 34.4 Å². The number of nitrogens with zero attached hydrogens (tertiary/aromatic N) is 4. The van der Waals surface area contributed by atoms with Gasteiger partial charge in [0.05, 0.1) is 22.8 Å². The molecule has 0 spiro atoms. The molecule has 1 saturated heterocycles. The molecule has 1 fully saturated rings. The van der Waals surface area contributed by atoms with Gasteiger partial charge in [-0.1, -0.05) is 18.2 Å². The maximum atomic E-state index is 13.6. The number of imidazole rings is 1. The van der Waals surface area contributed by atoms with Crippen LogP contribution in [0.15, 0.2) is 52.4 Å². The summed E-state index contributed by atoms with van der Waals surface area (Å²) in [6.45, 7) is 4.11. The number of carbonyl (C=O) groups is 1. The fourth-order valence-corrected chi connectivity index (χ4v) is 5.14. The molecule has 0 radical (unpaired) electrons. The topological polar surface area (TPSA) is 112 Å². The number of thioether (sulfide) groups is 1. The van der Waals surface area contributed by atoms with E-state index in [0.717, 1.165) is 37.4 Å². The molecule has 0 bridgehead atoms. The lowest BCUT2D eigenvalue weighted by molar-refractivity contribution is -0.113. The highest BCUT2D eigenvalue weighted by Crippen LogP contribution is 2.29. The van der Waals surface area contributed by atoms with E-state index in [9.17, 15) is 14.0 Å². The Morgan fingerprint density at radius 1 is 1.09 bits per heavy atom. The molecule has 35 heavy (non-hydrogen) atoms. The Balaban J connectivity index is 1.35. The van der Waals surface area contributed by atoms with Gasteiger partial charge in [-0.2, -0.15) is 0 Å². The Morgan fingerprint density at radius 3 is 2.60 bits per heavy atom. The summed E-state index contributed by atoms with van der Waals surface area (Å²) < 4.78 is 15.5. The number of H-pyrrole nitrogens is 2. The summed E-state index contributed by atoms with van der Waals surface area (Å²) in [4.78, 5) is 31.9. The number of hydrogen-bond donors (Lipinski definition) is 3. The van der Waals surface area contributed by atoms with Gasteiger partial charge in [0.25, 0.3) is 0 Å². The molecule has 11 heteroatoms. The largest absolute Gasteiger partial charge is 0.325 e. The van der Waals surface area contributed by atoms with Crippen molar-refractivity contribution in [2.75, 3.05) is 24.2 Å². The molecule has 0 saturated carbocycles. The van der Waals surface area contributed by atoms with E-state index in [4.69, 9.17) is 0 Å². The number of anilines is 1. The van der Waals surface area contributed by atoms with Crippen molar-refractivity contribution in [3.63, 3.8) is 0 Å². The summed E-state index contributed by atoms with van der Waals surface area (Å²) in [5.74, 6) is 0.343. The van der Waals surface area contributed by atoms with E-state index in [1.54, 1.807) is 30.3 Å². The lowest BCUT2D eigenvalue weighted by Crippen LogP contribution is -2.33. The van der Waals surface area contributed by atoms with Crippen LogP contribution in [-0.2, 0) is 4.79 Å². The normalized spacial score (nSPS) is 15.4. The summed E-state index contributed by atoms with van der Waals surface area (Å²) >= 11 is 1.27. The number of rotatable bonds is 7. The van der Waals surface area contributed by atoms with E-state index in [1.807, 2.05) is 4.57 Å². The maximum Gasteiger partial charge on any atom is 0.323 e. The van der Waals surface area contributed by atoms with Gasteiger partial charge in [-0.15, -0.1) is 10.2 Å². The van der Waals surface area contributed by atoms with Crippen molar-refractivity contribution in [3.8, 4) is 5.69 Å². The number of aromatic amines is 2. The van der Waals surface area contributed by atoms with Crippen LogP contribution in [0.1, 0.15) is 38.1 Å². The number of benzene rings is 2. The highest BCUT2D eigenvalue weighted by Gasteiger charge is 2.26. The fraction of sp³-hybridized carbons (Fsp3) is 0.333. The Labute approximate surface area is 205 Å². The maximum absolute atomic E-state index is 13.6. The van der Waals surface area contributed by atoms with Crippen LogP contribution in [0.3, 0.4) is 0 Å². The van der Waals surface area contributed by atoms with E-state index in [2.05, 4.69) is 37.3 Å². The van der Waals surface area contributed by atoms with Crippen LogP contribution in [0, 0.1) is 5.82 Å². The third kappa shape index (κ3) is 5.15. The Bertz CT molecular complexity index is 1390. The standard InChI is InChI=1S/C24H26FN7O2S/c1-15(31-11-3-2-4-12-31)22-29-30-24(32(22)18-8-5-16(25)6-9-18)35-14-21(33)26-17-7-10-19-20(13-17)28-23(34)27-19/h5-10,13,15H,2-4,11-12,14H2,1H3,(H,26,33)(H2,27,28,34)/t15-/m1/s1. The van der Waals surface area contributed by atoms with Crippen LogP contribution >= 0.6 is 11.8 Å². The Kier molecular flexibility index (Phi) is 6.69. The van der Waals surface area contributed by atoms with E-state index >= 15 is 0 Å². The number of carbonyl (C=O) groups excluding carboxylic acids is 1. The molecule has 0 aliphatic carbocycles. The molecule has 182 valence electrons. The molecule has 2 aromatic carbocycles. The van der Waals surface area contributed by atoms with Gasteiger partial charge in [0.1, 0.15) is 5.82 Å². The smallest absolute Gasteiger partial charge is 0.323 e. The first kappa shape index (κ1) is 23.3. The molecule has 3 N–H and O–H groups in total. The molecule has 1 aliphatic heterocycles. The van der Waals surface area contributed by atoms with E-state index in [-0.39, 0.29) is 29.2 Å². The first-order valence-corrected chi connectivity index (χ1v) is 12.6. The molecule has 4 aromatic rings. The monoisotopic (exact) mass is 495 g/mol. The third-order valence-corrected chi connectivity index (χ3v) is 7.12. The second-order valence-electron chi connectivity index (χ2n) is 8.60. The molecule has 2 aromatic heterocycles. The molecule has 3 heterocycles. The minimum absolute atomic E-state index is 0.0336. The lowest BCUT2D eigenvalue weighted by Gasteiger charge is -2.31. The number of fused-ring (bicyclic) bond motifs is 1. The number of nitrogens with one attached hydrogen (secondary N) is 3. The van der Waals surface area contributed by atoms with E-state index < -0.39 is 0 Å². The summed E-state index contributed by atoms with van der Waals surface area (Å²) in [5.41, 5.74) is 2.32. The molecular formula is C24H26FN7O2S. The molecule has 0 unspecified atom stereocenters. The number of amides is 1. The Hall–Kier alpha value is -3.44. The second-order valence-corrected chi connectivity index (χ2v) is 9.54. The molecule has 9 nitrogen and oxygen atoms in total. The minimum atomic E-state index is -0.318. The number of likely N-dealkylation sites (tertiary alicyclic amines) is 1. The van der Waals surface area contributed by atoms with Crippen LogP contribution in [0.25, 0.3) is 16.7 Å². The quantitative estimate of drug-likeness (QED) is 0.336. The lowest BCUT2D eigenvalue weighted by atomic mass is 10.1. The van der Waals surface area contributed by atoms with Gasteiger partial charge in [0, 0.05) is 11.4 Å². The number of aromatic nitrogens is 5. The average molecular weight is 496 g/mol. The van der Waals surface area contributed by atoms with Gasteiger partial charge in [0.2, 0.25) is 5.91 Å². The zero-order chi connectivity index (χ0) is 24.4. The molecule has 5 rings (SSSR count). The van der Waals surface area contributed by atoms with E-state index in [0.29, 0.717) is 21.9 Å². The summed E-state index contributed by atoms with van der Waals surface area (Å²) in [6.07, 6.45) is 3.54. The molecular weight excluding hydrogens is 469 g/mol. The highest BCUT2D eigenvalue weighted by molar-refractivity contribution is 7.99. The summed E-state index contributed by atoms with van der Waals surface area (Å²) in [6, 6.07) is 11.4. The van der Waals surface area contributed by atoms with Gasteiger partial charge in [0.15, 0.2) is 11.0 Å². The minimum Gasteiger partial charge on any atom is -0.325 e. The van der Waals surface area contributed by atoms with Crippen LogP contribution in [0.2, 0.25) is 0 Å². The first-order chi connectivity index (χ1) is 17.0. The van der Waals surface area contributed by atoms with Crippen LogP contribution in [-0.4, -0.2) is 54.4 Å². The zero-order valence-electron chi connectivity index (χ0n) is 19.3.